The van der Waals surface area contributed by atoms with E-state index in [4.69, 9.17) is 0 Å². The minimum Gasteiger partial charge on any atom is -0.313 e. The summed E-state index contributed by atoms with van der Waals surface area (Å²) in [6, 6.07) is 18.4. The Morgan fingerprint density at radius 3 is 2.24 bits per heavy atom. The van der Waals surface area contributed by atoms with Crippen LogP contribution in [0, 0.1) is 13.8 Å². The summed E-state index contributed by atoms with van der Waals surface area (Å²) in [6.45, 7) is 5.56. The molecular formula is C20H25N. The Kier molecular flexibility index (Phi) is 4.40. The van der Waals surface area contributed by atoms with Gasteiger partial charge in [-0.25, -0.2) is 0 Å². The molecule has 0 aliphatic heterocycles. The first kappa shape index (κ1) is 14.3. The van der Waals surface area contributed by atoms with Crippen molar-refractivity contribution >= 4 is 0 Å². The third-order valence-electron chi connectivity index (χ3n) is 4.60. The van der Waals surface area contributed by atoms with Crippen LogP contribution < -0.4 is 5.32 Å². The maximum atomic E-state index is 3.71. The van der Waals surface area contributed by atoms with Gasteiger partial charge in [-0.1, -0.05) is 48.5 Å². The van der Waals surface area contributed by atoms with Crippen LogP contribution in [0.3, 0.4) is 0 Å². The predicted molar refractivity (Wildman–Crippen MR) is 89.8 cm³/mol. The highest BCUT2D eigenvalue weighted by molar-refractivity contribution is 5.36. The SMILES string of the molecule is Cc1cccc(C)c1CC(CNC1CC1)c1ccccc1. The van der Waals surface area contributed by atoms with Gasteiger partial charge < -0.3 is 5.32 Å². The van der Waals surface area contributed by atoms with E-state index in [-0.39, 0.29) is 0 Å². The molecule has 1 heteroatoms. The fraction of sp³-hybridized carbons (Fsp3) is 0.400. The summed E-state index contributed by atoms with van der Waals surface area (Å²) in [7, 11) is 0. The molecule has 0 radical (unpaired) electrons. The second-order valence-electron chi connectivity index (χ2n) is 6.36. The smallest absolute Gasteiger partial charge is 0.00684 e. The normalized spacial score (nSPS) is 15.9. The largest absolute Gasteiger partial charge is 0.313 e. The minimum absolute atomic E-state index is 0.562. The molecule has 2 aromatic carbocycles. The monoisotopic (exact) mass is 279 g/mol. The summed E-state index contributed by atoms with van der Waals surface area (Å²) < 4.78 is 0. The predicted octanol–water partition coefficient (Wildman–Crippen LogP) is 4.38. The number of hydrogen-bond donors (Lipinski definition) is 1. The lowest BCUT2D eigenvalue weighted by Gasteiger charge is -2.21. The summed E-state index contributed by atoms with van der Waals surface area (Å²) in [5.74, 6) is 0.562. The summed E-state index contributed by atoms with van der Waals surface area (Å²) >= 11 is 0. The van der Waals surface area contributed by atoms with E-state index in [0.717, 1.165) is 19.0 Å². The van der Waals surface area contributed by atoms with Crippen LogP contribution in [0.2, 0.25) is 0 Å². The molecule has 0 amide bonds. The lowest BCUT2D eigenvalue weighted by Crippen LogP contribution is -2.25. The molecule has 1 N–H and O–H groups in total. The van der Waals surface area contributed by atoms with E-state index >= 15 is 0 Å². The molecule has 21 heavy (non-hydrogen) atoms. The number of aryl methyl sites for hydroxylation is 2. The second-order valence-corrected chi connectivity index (χ2v) is 6.36. The molecule has 1 aliphatic rings. The van der Waals surface area contributed by atoms with Gasteiger partial charge in [-0.3, -0.25) is 0 Å². The number of hydrogen-bond acceptors (Lipinski definition) is 1. The zero-order valence-electron chi connectivity index (χ0n) is 13.1. The number of nitrogens with one attached hydrogen (secondary N) is 1. The van der Waals surface area contributed by atoms with Gasteiger partial charge in [0.05, 0.1) is 0 Å². The molecule has 0 spiro atoms. The van der Waals surface area contributed by atoms with Crippen LogP contribution >= 0.6 is 0 Å². The van der Waals surface area contributed by atoms with Gasteiger partial charge in [0, 0.05) is 18.5 Å². The molecule has 1 atom stereocenters. The molecule has 1 saturated carbocycles. The first-order valence-corrected chi connectivity index (χ1v) is 8.07. The molecule has 1 nitrogen and oxygen atoms in total. The lowest BCUT2D eigenvalue weighted by molar-refractivity contribution is 0.575. The van der Waals surface area contributed by atoms with Gasteiger partial charge in [0.15, 0.2) is 0 Å². The number of rotatable bonds is 6. The van der Waals surface area contributed by atoms with E-state index in [9.17, 15) is 0 Å². The molecule has 1 unspecified atom stereocenters. The van der Waals surface area contributed by atoms with E-state index < -0.39 is 0 Å². The summed E-state index contributed by atoms with van der Waals surface area (Å²) in [6.07, 6.45) is 3.83. The van der Waals surface area contributed by atoms with Gasteiger partial charge in [-0.15, -0.1) is 0 Å². The Morgan fingerprint density at radius 1 is 0.952 bits per heavy atom. The molecule has 0 aromatic heterocycles. The van der Waals surface area contributed by atoms with Crippen molar-refractivity contribution in [2.45, 2.75) is 45.1 Å². The quantitative estimate of drug-likeness (QED) is 0.827. The van der Waals surface area contributed by atoms with Gasteiger partial charge >= 0.3 is 0 Å². The Morgan fingerprint density at radius 2 is 1.62 bits per heavy atom. The Labute approximate surface area is 128 Å². The Hall–Kier alpha value is -1.60. The average molecular weight is 279 g/mol. The topological polar surface area (TPSA) is 12.0 Å². The van der Waals surface area contributed by atoms with Crippen LogP contribution in [-0.4, -0.2) is 12.6 Å². The van der Waals surface area contributed by atoms with E-state index in [2.05, 4.69) is 67.7 Å². The highest BCUT2D eigenvalue weighted by atomic mass is 14.9. The van der Waals surface area contributed by atoms with Gasteiger partial charge in [0.2, 0.25) is 0 Å². The van der Waals surface area contributed by atoms with Crippen molar-refractivity contribution in [1.82, 2.24) is 5.32 Å². The highest BCUT2D eigenvalue weighted by Gasteiger charge is 2.23. The van der Waals surface area contributed by atoms with Crippen molar-refractivity contribution < 1.29 is 0 Å². The Balaban J connectivity index is 1.81. The first-order valence-electron chi connectivity index (χ1n) is 8.07. The molecular weight excluding hydrogens is 254 g/mol. The van der Waals surface area contributed by atoms with Crippen LogP contribution in [0.15, 0.2) is 48.5 Å². The van der Waals surface area contributed by atoms with E-state index in [0.29, 0.717) is 5.92 Å². The zero-order valence-corrected chi connectivity index (χ0v) is 13.1. The van der Waals surface area contributed by atoms with E-state index in [1.807, 2.05) is 0 Å². The fourth-order valence-electron chi connectivity index (χ4n) is 3.05. The van der Waals surface area contributed by atoms with Crippen molar-refractivity contribution in [1.29, 1.82) is 0 Å². The lowest BCUT2D eigenvalue weighted by atomic mass is 9.88. The van der Waals surface area contributed by atoms with Crippen LogP contribution in [0.4, 0.5) is 0 Å². The minimum atomic E-state index is 0.562. The first-order chi connectivity index (χ1) is 10.2. The summed E-state index contributed by atoms with van der Waals surface area (Å²) in [5.41, 5.74) is 5.81. The zero-order chi connectivity index (χ0) is 14.7. The Bertz CT molecular complexity index is 564. The molecule has 2 aromatic rings. The molecule has 3 rings (SSSR count). The van der Waals surface area contributed by atoms with Gasteiger partial charge in [-0.05, 0) is 55.4 Å². The van der Waals surface area contributed by atoms with Crippen LogP contribution in [-0.2, 0) is 6.42 Å². The van der Waals surface area contributed by atoms with Gasteiger partial charge in [0.25, 0.3) is 0 Å². The summed E-state index contributed by atoms with van der Waals surface area (Å²) in [5, 5.41) is 3.71. The standard InChI is InChI=1S/C20H25N/c1-15-7-6-8-16(2)20(15)13-18(14-21-19-11-12-19)17-9-4-3-5-10-17/h3-10,18-19,21H,11-14H2,1-2H3. The maximum absolute atomic E-state index is 3.71. The maximum Gasteiger partial charge on any atom is 0.00684 e. The van der Waals surface area contributed by atoms with E-state index in [1.54, 1.807) is 0 Å². The van der Waals surface area contributed by atoms with Crippen molar-refractivity contribution in [2.24, 2.45) is 0 Å². The van der Waals surface area contributed by atoms with Crippen LogP contribution in [0.25, 0.3) is 0 Å². The molecule has 0 saturated heterocycles. The fourth-order valence-corrected chi connectivity index (χ4v) is 3.05. The molecule has 0 heterocycles. The van der Waals surface area contributed by atoms with Gasteiger partial charge in [0.1, 0.15) is 0 Å². The van der Waals surface area contributed by atoms with Crippen molar-refractivity contribution in [3.8, 4) is 0 Å². The molecule has 110 valence electrons. The van der Waals surface area contributed by atoms with Crippen LogP contribution in [0.1, 0.15) is 41.0 Å². The number of benzene rings is 2. The van der Waals surface area contributed by atoms with Gasteiger partial charge in [-0.2, -0.15) is 0 Å². The van der Waals surface area contributed by atoms with Crippen molar-refractivity contribution in [3.05, 3.63) is 70.8 Å². The van der Waals surface area contributed by atoms with E-state index in [1.165, 1.54) is 35.1 Å². The highest BCUT2D eigenvalue weighted by Crippen LogP contribution is 2.26. The average Bonchev–Trinajstić information content (AvgIpc) is 3.31. The molecule has 0 bridgehead atoms. The third-order valence-corrected chi connectivity index (χ3v) is 4.60. The molecule has 1 aliphatic carbocycles. The van der Waals surface area contributed by atoms with Crippen molar-refractivity contribution in [3.63, 3.8) is 0 Å². The second kappa shape index (κ2) is 6.44. The van der Waals surface area contributed by atoms with Crippen molar-refractivity contribution in [2.75, 3.05) is 6.54 Å². The molecule has 1 fully saturated rings. The third kappa shape index (κ3) is 3.74. The van der Waals surface area contributed by atoms with Crippen LogP contribution in [0.5, 0.6) is 0 Å². The summed E-state index contributed by atoms with van der Waals surface area (Å²) in [4.78, 5) is 0.